The molecular weight excluding hydrogens is 556 g/mol. The van der Waals surface area contributed by atoms with Gasteiger partial charge in [-0.3, -0.25) is 9.59 Å². The van der Waals surface area contributed by atoms with E-state index < -0.39 is 75.3 Å². The summed E-state index contributed by atoms with van der Waals surface area (Å²) in [6.45, 7) is -0.795. The number of amides is 1. The summed E-state index contributed by atoms with van der Waals surface area (Å²) in [5.41, 5.74) is 0. The molecule has 0 radical (unpaired) electrons. The number of carbonyl (C=O) groups is 2. The molecule has 2 aromatic rings. The Balaban J connectivity index is 1.73. The maximum atomic E-state index is 13.7. The fraction of sp³-hybridized carbons (Fsp3) is 0.440. The number of carbonyl (C=O) groups excluding carboxylic acids is 1. The molecule has 1 aliphatic carbocycles. The van der Waals surface area contributed by atoms with Gasteiger partial charge in [0, 0.05) is 19.1 Å². The van der Waals surface area contributed by atoms with Crippen LogP contribution in [-0.2, 0) is 29.6 Å². The summed E-state index contributed by atoms with van der Waals surface area (Å²) in [6.07, 6.45) is 1.68. The Morgan fingerprint density at radius 3 is 1.67 bits per heavy atom. The van der Waals surface area contributed by atoms with Crippen molar-refractivity contribution >= 4 is 31.9 Å². The van der Waals surface area contributed by atoms with Crippen molar-refractivity contribution in [2.45, 2.75) is 60.5 Å². The lowest BCUT2D eigenvalue weighted by Crippen LogP contribution is -2.56. The fourth-order valence-electron chi connectivity index (χ4n) is 5.15. The lowest BCUT2D eigenvalue weighted by Gasteiger charge is -2.33. The smallest absolute Gasteiger partial charge is 0.305 e. The van der Waals surface area contributed by atoms with E-state index in [2.05, 4.69) is 5.32 Å². The van der Waals surface area contributed by atoms with Gasteiger partial charge in [-0.1, -0.05) is 19.3 Å². The molecule has 39 heavy (non-hydrogen) atoms. The lowest BCUT2D eigenvalue weighted by atomic mass is 9.82. The monoisotopic (exact) mass is 585 g/mol. The number of carboxylic acids is 1. The molecule has 1 aliphatic heterocycles. The average molecular weight is 586 g/mol. The molecule has 1 saturated carbocycles. The number of halogens is 2. The Kier molecular flexibility index (Phi) is 8.69. The Hall–Kier alpha value is -2.94. The van der Waals surface area contributed by atoms with Crippen molar-refractivity contribution in [3.63, 3.8) is 0 Å². The highest BCUT2D eigenvalue weighted by molar-refractivity contribution is 7.90. The van der Waals surface area contributed by atoms with E-state index in [-0.39, 0.29) is 15.7 Å². The van der Waals surface area contributed by atoms with Crippen LogP contribution in [0, 0.1) is 17.6 Å². The number of sulfonamides is 2. The van der Waals surface area contributed by atoms with E-state index in [0.717, 1.165) is 67.8 Å². The maximum Gasteiger partial charge on any atom is 0.305 e. The highest BCUT2D eigenvalue weighted by Gasteiger charge is 2.50. The molecule has 0 aromatic heterocycles. The molecule has 1 heterocycles. The van der Waals surface area contributed by atoms with Crippen molar-refractivity contribution in [2.75, 3.05) is 13.1 Å². The predicted molar refractivity (Wildman–Crippen MR) is 135 cm³/mol. The standard InChI is InChI=1S/C25H29F2N3O7S2/c26-18-6-10-20(11-7-18)38(34,35)29-14-15-30(39(36,37)21-12-8-19(27)9-13-21)25(29)24(33)28-22(16-23(31)32)17-4-2-1-3-5-17/h6-13,17,22,25H,1-5,14-16H2,(H,28,33)(H,31,32). The van der Waals surface area contributed by atoms with Gasteiger partial charge in [-0.05, 0) is 67.3 Å². The van der Waals surface area contributed by atoms with Crippen molar-refractivity contribution in [1.82, 2.24) is 13.9 Å². The number of rotatable bonds is 9. The number of hydrogen-bond donors (Lipinski definition) is 2. The molecule has 1 atom stereocenters. The molecule has 0 spiro atoms. The zero-order valence-corrected chi connectivity index (χ0v) is 22.5. The zero-order chi connectivity index (χ0) is 28.4. The normalized spacial score (nSPS) is 19.1. The summed E-state index contributed by atoms with van der Waals surface area (Å²) in [5.74, 6) is -3.71. The van der Waals surface area contributed by atoms with E-state index in [0.29, 0.717) is 21.5 Å². The molecular formula is C25H29F2N3O7S2. The molecule has 1 amide bonds. The van der Waals surface area contributed by atoms with Gasteiger partial charge >= 0.3 is 5.97 Å². The second-order valence-corrected chi connectivity index (χ2v) is 13.4. The minimum Gasteiger partial charge on any atom is -0.481 e. The highest BCUT2D eigenvalue weighted by Crippen LogP contribution is 2.32. The van der Waals surface area contributed by atoms with E-state index in [4.69, 9.17) is 0 Å². The second kappa shape index (κ2) is 11.7. The number of benzene rings is 2. The van der Waals surface area contributed by atoms with Crippen LogP contribution in [0.15, 0.2) is 58.3 Å². The second-order valence-electron chi connectivity index (χ2n) is 9.62. The maximum absolute atomic E-state index is 13.7. The van der Waals surface area contributed by atoms with Crippen LogP contribution in [0.3, 0.4) is 0 Å². The first kappa shape index (κ1) is 29.1. The third-order valence-electron chi connectivity index (χ3n) is 7.10. The molecule has 1 unspecified atom stereocenters. The van der Waals surface area contributed by atoms with Crippen LogP contribution >= 0.6 is 0 Å². The van der Waals surface area contributed by atoms with Gasteiger partial charge in [0.15, 0.2) is 6.17 Å². The summed E-state index contributed by atoms with van der Waals surface area (Å²) < 4.78 is 82.5. The summed E-state index contributed by atoms with van der Waals surface area (Å²) in [4.78, 5) is 24.6. The molecule has 2 fully saturated rings. The molecule has 2 N–H and O–H groups in total. The summed E-state index contributed by atoms with van der Waals surface area (Å²) in [6, 6.07) is 6.89. The number of nitrogens with one attached hydrogen (secondary N) is 1. The first-order chi connectivity index (χ1) is 18.4. The van der Waals surface area contributed by atoms with Crippen LogP contribution in [0.5, 0.6) is 0 Å². The van der Waals surface area contributed by atoms with E-state index in [1.807, 2.05) is 0 Å². The van der Waals surface area contributed by atoms with Crippen molar-refractivity contribution in [3.8, 4) is 0 Å². The first-order valence-corrected chi connectivity index (χ1v) is 15.4. The lowest BCUT2D eigenvalue weighted by molar-refractivity contribution is -0.138. The van der Waals surface area contributed by atoms with Crippen molar-refractivity contribution in [3.05, 3.63) is 60.2 Å². The topological polar surface area (TPSA) is 141 Å². The molecule has 2 aliphatic rings. The van der Waals surface area contributed by atoms with Gasteiger partial charge in [0.05, 0.1) is 16.2 Å². The molecule has 1 saturated heterocycles. The van der Waals surface area contributed by atoms with Gasteiger partial charge in [-0.15, -0.1) is 0 Å². The molecule has 10 nitrogen and oxygen atoms in total. The third-order valence-corrected chi connectivity index (χ3v) is 10.8. The van der Waals surface area contributed by atoms with Gasteiger partial charge in [0.25, 0.3) is 5.91 Å². The summed E-state index contributed by atoms with van der Waals surface area (Å²) >= 11 is 0. The van der Waals surface area contributed by atoms with Crippen molar-refractivity contribution in [1.29, 1.82) is 0 Å². The van der Waals surface area contributed by atoms with Gasteiger partial charge in [0.1, 0.15) is 11.6 Å². The van der Waals surface area contributed by atoms with Crippen LogP contribution < -0.4 is 5.32 Å². The molecule has 0 bridgehead atoms. The zero-order valence-electron chi connectivity index (χ0n) is 20.9. The van der Waals surface area contributed by atoms with Gasteiger partial charge in [0.2, 0.25) is 20.0 Å². The van der Waals surface area contributed by atoms with Gasteiger partial charge in [-0.25, -0.2) is 25.6 Å². The van der Waals surface area contributed by atoms with Crippen LogP contribution in [0.2, 0.25) is 0 Å². The predicted octanol–water partition coefficient (Wildman–Crippen LogP) is 2.53. The van der Waals surface area contributed by atoms with Gasteiger partial charge in [-0.2, -0.15) is 8.61 Å². The number of nitrogens with zero attached hydrogens (tertiary/aromatic N) is 2. The van der Waals surface area contributed by atoms with E-state index in [1.54, 1.807) is 0 Å². The molecule has 212 valence electrons. The average Bonchev–Trinajstić information content (AvgIpc) is 3.37. The minimum atomic E-state index is -4.49. The van der Waals surface area contributed by atoms with E-state index in [9.17, 15) is 40.3 Å². The van der Waals surface area contributed by atoms with Crippen LogP contribution in [0.1, 0.15) is 38.5 Å². The van der Waals surface area contributed by atoms with Crippen LogP contribution in [0.4, 0.5) is 8.78 Å². The fourth-order valence-corrected chi connectivity index (χ4v) is 8.30. The Bertz CT molecular complexity index is 1330. The van der Waals surface area contributed by atoms with E-state index >= 15 is 0 Å². The first-order valence-electron chi connectivity index (χ1n) is 12.5. The summed E-state index contributed by atoms with van der Waals surface area (Å²) in [7, 11) is -8.98. The number of aliphatic carboxylic acids is 1. The molecule has 2 aromatic carbocycles. The summed E-state index contributed by atoms with van der Waals surface area (Å²) in [5, 5.41) is 12.1. The number of hydrogen-bond acceptors (Lipinski definition) is 6. The van der Waals surface area contributed by atoms with Crippen molar-refractivity contribution in [2.24, 2.45) is 5.92 Å². The minimum absolute atomic E-state index is 0.176. The van der Waals surface area contributed by atoms with E-state index in [1.165, 1.54) is 0 Å². The third kappa shape index (κ3) is 6.29. The van der Waals surface area contributed by atoms with Crippen LogP contribution in [0.25, 0.3) is 0 Å². The van der Waals surface area contributed by atoms with Gasteiger partial charge < -0.3 is 10.4 Å². The highest BCUT2D eigenvalue weighted by atomic mass is 32.2. The molecule has 4 rings (SSSR count). The largest absolute Gasteiger partial charge is 0.481 e. The quantitative estimate of drug-likeness (QED) is 0.461. The Labute approximate surface area is 225 Å². The molecule has 14 heteroatoms. The Morgan fingerprint density at radius 2 is 1.26 bits per heavy atom. The Morgan fingerprint density at radius 1 is 0.821 bits per heavy atom. The van der Waals surface area contributed by atoms with Crippen molar-refractivity contribution < 1.29 is 40.3 Å². The van der Waals surface area contributed by atoms with Crippen LogP contribution in [-0.4, -0.2) is 67.7 Å². The number of carboxylic acid groups (broad SMARTS) is 1. The SMILES string of the molecule is O=C(O)CC(NC(=O)C1N(S(=O)(=O)c2ccc(F)cc2)CCN1S(=O)(=O)c1ccc(F)cc1)C1CCCCC1.